The minimum absolute atomic E-state index is 0.0318. The Morgan fingerprint density at radius 2 is 1.93 bits per heavy atom. The molecule has 0 radical (unpaired) electrons. The highest BCUT2D eigenvalue weighted by atomic mass is 32.1. The van der Waals surface area contributed by atoms with Crippen molar-refractivity contribution in [2.24, 2.45) is 0 Å². The number of nitrogens with zero attached hydrogens (tertiary/aromatic N) is 2. The SMILES string of the molecule is COc1ccc(-c2nc(CC(=O)NCCn3ccc4ccccc43)cs2)cc1OC. The number of aromatic nitrogens is 2. The molecule has 7 heteroatoms. The molecule has 0 aliphatic carbocycles. The van der Waals surface area contributed by atoms with E-state index in [2.05, 4.69) is 33.1 Å². The normalized spacial score (nSPS) is 10.9. The van der Waals surface area contributed by atoms with Gasteiger partial charge in [0.2, 0.25) is 5.91 Å². The predicted octanol–water partition coefficient (Wildman–Crippen LogP) is 4.14. The molecule has 0 aliphatic rings. The van der Waals surface area contributed by atoms with Crippen LogP contribution in [0.4, 0.5) is 0 Å². The van der Waals surface area contributed by atoms with Gasteiger partial charge < -0.3 is 19.4 Å². The Morgan fingerprint density at radius 1 is 1.10 bits per heavy atom. The summed E-state index contributed by atoms with van der Waals surface area (Å²) in [6, 6.07) is 16.0. The number of carbonyl (C=O) groups excluding carboxylic acids is 1. The van der Waals surface area contributed by atoms with Crippen LogP contribution in [0.25, 0.3) is 21.5 Å². The number of hydrogen-bond acceptors (Lipinski definition) is 5. The first-order chi connectivity index (χ1) is 14.7. The number of rotatable bonds is 8. The Labute approximate surface area is 179 Å². The van der Waals surface area contributed by atoms with Gasteiger partial charge in [0.05, 0.1) is 26.3 Å². The molecule has 0 saturated carbocycles. The van der Waals surface area contributed by atoms with Crippen LogP contribution in [0, 0.1) is 0 Å². The molecular formula is C23H23N3O3S. The number of nitrogens with one attached hydrogen (secondary N) is 1. The summed E-state index contributed by atoms with van der Waals surface area (Å²) in [5.74, 6) is 1.30. The maximum Gasteiger partial charge on any atom is 0.226 e. The summed E-state index contributed by atoms with van der Waals surface area (Å²) in [5.41, 5.74) is 2.86. The molecule has 1 N–H and O–H groups in total. The Balaban J connectivity index is 1.34. The Bertz CT molecular complexity index is 1170. The molecule has 0 atom stereocenters. The van der Waals surface area contributed by atoms with Gasteiger partial charge in [-0.25, -0.2) is 4.98 Å². The Hall–Kier alpha value is -3.32. The second kappa shape index (κ2) is 9.00. The molecule has 4 aromatic rings. The second-order valence-corrected chi connectivity index (χ2v) is 7.67. The highest BCUT2D eigenvalue weighted by Crippen LogP contribution is 2.33. The summed E-state index contributed by atoms with van der Waals surface area (Å²) in [5, 5.41) is 6.95. The topological polar surface area (TPSA) is 65.4 Å². The van der Waals surface area contributed by atoms with Crippen LogP contribution in [0.5, 0.6) is 11.5 Å². The van der Waals surface area contributed by atoms with Crippen LogP contribution in [0.1, 0.15) is 5.69 Å². The quantitative estimate of drug-likeness (QED) is 0.464. The fourth-order valence-corrected chi connectivity index (χ4v) is 4.19. The smallest absolute Gasteiger partial charge is 0.226 e. The van der Waals surface area contributed by atoms with Gasteiger partial charge in [-0.2, -0.15) is 0 Å². The highest BCUT2D eigenvalue weighted by Gasteiger charge is 2.12. The molecule has 2 aromatic carbocycles. The van der Waals surface area contributed by atoms with Gasteiger partial charge in [-0.15, -0.1) is 11.3 Å². The molecule has 0 saturated heterocycles. The standard InChI is InChI=1S/C23H23N3O3S/c1-28-20-8-7-17(13-21(20)29-2)23-25-18(15-30-23)14-22(27)24-10-12-26-11-9-16-5-3-4-6-19(16)26/h3-9,11,13,15H,10,12,14H2,1-2H3,(H,24,27). The zero-order valence-electron chi connectivity index (χ0n) is 16.9. The van der Waals surface area contributed by atoms with Crippen molar-refractivity contribution in [3.8, 4) is 22.1 Å². The molecule has 2 aromatic heterocycles. The molecule has 0 aliphatic heterocycles. The van der Waals surface area contributed by atoms with Gasteiger partial charge in [0.25, 0.3) is 0 Å². The summed E-state index contributed by atoms with van der Waals surface area (Å²) < 4.78 is 12.8. The summed E-state index contributed by atoms with van der Waals surface area (Å²) in [6.07, 6.45) is 2.31. The van der Waals surface area contributed by atoms with Crippen molar-refractivity contribution in [1.29, 1.82) is 0 Å². The predicted molar refractivity (Wildman–Crippen MR) is 119 cm³/mol. The van der Waals surface area contributed by atoms with E-state index in [4.69, 9.17) is 9.47 Å². The van der Waals surface area contributed by atoms with Crippen molar-refractivity contribution in [3.05, 3.63) is 65.8 Å². The third kappa shape index (κ3) is 4.31. The van der Waals surface area contributed by atoms with E-state index in [0.717, 1.165) is 22.8 Å². The lowest BCUT2D eigenvalue weighted by molar-refractivity contribution is -0.120. The first kappa shape index (κ1) is 20.0. The molecule has 6 nitrogen and oxygen atoms in total. The number of hydrogen-bond donors (Lipinski definition) is 1. The maximum absolute atomic E-state index is 12.3. The van der Waals surface area contributed by atoms with E-state index in [1.54, 1.807) is 14.2 Å². The number of para-hydroxylation sites is 1. The minimum atomic E-state index is -0.0318. The molecule has 0 fully saturated rings. The average molecular weight is 422 g/mol. The third-order valence-electron chi connectivity index (χ3n) is 4.88. The van der Waals surface area contributed by atoms with Crippen LogP contribution in [0.15, 0.2) is 60.1 Å². The van der Waals surface area contributed by atoms with Crippen LogP contribution in [0.2, 0.25) is 0 Å². The first-order valence-corrected chi connectivity index (χ1v) is 10.5. The second-order valence-electron chi connectivity index (χ2n) is 6.81. The van der Waals surface area contributed by atoms with E-state index in [1.165, 1.54) is 22.2 Å². The third-order valence-corrected chi connectivity index (χ3v) is 5.82. The number of thiazole rings is 1. The molecule has 0 unspecified atom stereocenters. The van der Waals surface area contributed by atoms with Crippen molar-refractivity contribution in [3.63, 3.8) is 0 Å². The van der Waals surface area contributed by atoms with Crippen molar-refractivity contribution >= 4 is 28.1 Å². The van der Waals surface area contributed by atoms with E-state index in [0.29, 0.717) is 18.0 Å². The number of benzene rings is 2. The van der Waals surface area contributed by atoms with Crippen molar-refractivity contribution < 1.29 is 14.3 Å². The monoisotopic (exact) mass is 421 g/mol. The Morgan fingerprint density at radius 3 is 2.77 bits per heavy atom. The van der Waals surface area contributed by atoms with Crippen LogP contribution >= 0.6 is 11.3 Å². The van der Waals surface area contributed by atoms with Crippen LogP contribution in [0.3, 0.4) is 0 Å². The van der Waals surface area contributed by atoms with Gasteiger partial charge in [-0.1, -0.05) is 18.2 Å². The number of methoxy groups -OCH3 is 2. The zero-order chi connectivity index (χ0) is 20.9. The maximum atomic E-state index is 12.3. The fourth-order valence-electron chi connectivity index (χ4n) is 3.37. The molecule has 2 heterocycles. The number of ether oxygens (including phenoxy) is 2. The molecule has 0 bridgehead atoms. The van der Waals surface area contributed by atoms with Gasteiger partial charge in [-0.05, 0) is 35.7 Å². The molecule has 4 rings (SSSR count). The number of carbonyl (C=O) groups is 1. The summed E-state index contributed by atoms with van der Waals surface area (Å²) in [4.78, 5) is 16.9. The van der Waals surface area contributed by atoms with E-state index >= 15 is 0 Å². The summed E-state index contributed by atoms with van der Waals surface area (Å²) in [7, 11) is 3.21. The van der Waals surface area contributed by atoms with Gasteiger partial charge in [0, 0.05) is 35.7 Å². The number of amides is 1. The van der Waals surface area contributed by atoms with Gasteiger partial charge >= 0.3 is 0 Å². The molecule has 30 heavy (non-hydrogen) atoms. The molecule has 0 spiro atoms. The van der Waals surface area contributed by atoms with Crippen LogP contribution < -0.4 is 14.8 Å². The van der Waals surface area contributed by atoms with Gasteiger partial charge in [-0.3, -0.25) is 4.79 Å². The van der Waals surface area contributed by atoms with Crippen LogP contribution in [-0.2, 0) is 17.8 Å². The van der Waals surface area contributed by atoms with Crippen LogP contribution in [-0.4, -0.2) is 36.2 Å². The highest BCUT2D eigenvalue weighted by molar-refractivity contribution is 7.13. The fraction of sp³-hybridized carbons (Fsp3) is 0.217. The first-order valence-electron chi connectivity index (χ1n) is 9.65. The van der Waals surface area contributed by atoms with E-state index in [-0.39, 0.29) is 12.3 Å². The summed E-state index contributed by atoms with van der Waals surface area (Å²) in [6.45, 7) is 1.30. The van der Waals surface area contributed by atoms with E-state index in [1.807, 2.05) is 41.9 Å². The van der Waals surface area contributed by atoms with Crippen molar-refractivity contribution in [2.75, 3.05) is 20.8 Å². The molecule has 1 amide bonds. The summed E-state index contributed by atoms with van der Waals surface area (Å²) >= 11 is 1.51. The van der Waals surface area contributed by atoms with Crippen molar-refractivity contribution in [2.45, 2.75) is 13.0 Å². The van der Waals surface area contributed by atoms with E-state index < -0.39 is 0 Å². The largest absolute Gasteiger partial charge is 0.493 e. The molecular weight excluding hydrogens is 398 g/mol. The lowest BCUT2D eigenvalue weighted by Gasteiger charge is -2.08. The van der Waals surface area contributed by atoms with Gasteiger partial charge in [0.1, 0.15) is 5.01 Å². The zero-order valence-corrected chi connectivity index (χ0v) is 17.7. The van der Waals surface area contributed by atoms with Crippen molar-refractivity contribution in [1.82, 2.24) is 14.9 Å². The lowest BCUT2D eigenvalue weighted by atomic mass is 10.2. The van der Waals surface area contributed by atoms with E-state index in [9.17, 15) is 4.79 Å². The lowest BCUT2D eigenvalue weighted by Crippen LogP contribution is -2.28. The Kier molecular flexibility index (Phi) is 5.99. The molecule has 154 valence electrons. The average Bonchev–Trinajstić information content (AvgIpc) is 3.40. The van der Waals surface area contributed by atoms with Gasteiger partial charge in [0.15, 0.2) is 11.5 Å². The minimum Gasteiger partial charge on any atom is -0.493 e. The number of fused-ring (bicyclic) bond motifs is 1.